The third kappa shape index (κ3) is 3.55. The van der Waals surface area contributed by atoms with Gasteiger partial charge in [0.1, 0.15) is 18.2 Å². The van der Waals surface area contributed by atoms with Gasteiger partial charge in [-0.05, 0) is 12.1 Å². The third-order valence-corrected chi connectivity index (χ3v) is 4.40. The smallest absolute Gasteiger partial charge is 0.322 e. The number of aromatic nitrogens is 2. The molecule has 1 aromatic heterocycles. The SMILES string of the molecule is O=C(O)C1CN(c2cc(-c3ccc(Cl)c(Cl)c3)ncn2)CCN1. The quantitative estimate of drug-likeness (QED) is 0.882. The first kappa shape index (κ1) is 16.0. The fourth-order valence-corrected chi connectivity index (χ4v) is 2.75. The molecule has 1 fully saturated rings. The molecule has 0 saturated carbocycles. The van der Waals surface area contributed by atoms with Gasteiger partial charge in [0, 0.05) is 31.3 Å². The number of benzene rings is 1. The Balaban J connectivity index is 1.87. The van der Waals surface area contributed by atoms with Crippen molar-refractivity contribution < 1.29 is 9.90 Å². The zero-order valence-corrected chi connectivity index (χ0v) is 13.6. The Kier molecular flexibility index (Phi) is 4.66. The van der Waals surface area contributed by atoms with Gasteiger partial charge in [0.25, 0.3) is 0 Å². The maximum Gasteiger partial charge on any atom is 0.322 e. The van der Waals surface area contributed by atoms with Crippen LogP contribution >= 0.6 is 23.2 Å². The highest BCUT2D eigenvalue weighted by atomic mass is 35.5. The summed E-state index contributed by atoms with van der Waals surface area (Å²) in [6.07, 6.45) is 1.46. The van der Waals surface area contributed by atoms with E-state index in [0.29, 0.717) is 41.2 Å². The Labute approximate surface area is 143 Å². The minimum atomic E-state index is -0.867. The van der Waals surface area contributed by atoms with Crippen molar-refractivity contribution in [3.63, 3.8) is 0 Å². The lowest BCUT2D eigenvalue weighted by molar-refractivity contribution is -0.139. The molecule has 1 aliphatic heterocycles. The van der Waals surface area contributed by atoms with Crippen molar-refractivity contribution in [3.8, 4) is 11.3 Å². The van der Waals surface area contributed by atoms with E-state index < -0.39 is 12.0 Å². The molecule has 1 unspecified atom stereocenters. The number of rotatable bonds is 3. The van der Waals surface area contributed by atoms with E-state index in [1.165, 1.54) is 6.33 Å². The molecule has 2 aromatic rings. The van der Waals surface area contributed by atoms with Gasteiger partial charge in [0.05, 0.1) is 15.7 Å². The Bertz CT molecular complexity index is 741. The molecule has 8 heteroatoms. The molecule has 6 nitrogen and oxygen atoms in total. The number of hydrogen-bond acceptors (Lipinski definition) is 5. The second-order valence-corrected chi connectivity index (χ2v) is 6.00. The van der Waals surface area contributed by atoms with Gasteiger partial charge in [0.15, 0.2) is 0 Å². The third-order valence-electron chi connectivity index (χ3n) is 3.67. The minimum Gasteiger partial charge on any atom is -0.480 e. The lowest BCUT2D eigenvalue weighted by Gasteiger charge is -2.32. The highest BCUT2D eigenvalue weighted by Gasteiger charge is 2.25. The monoisotopic (exact) mass is 352 g/mol. The first-order valence-corrected chi connectivity index (χ1v) is 7.79. The van der Waals surface area contributed by atoms with E-state index in [1.807, 2.05) is 17.0 Å². The molecule has 3 rings (SSSR count). The number of halogens is 2. The molecular weight excluding hydrogens is 339 g/mol. The summed E-state index contributed by atoms with van der Waals surface area (Å²) >= 11 is 12.0. The van der Waals surface area contributed by atoms with Gasteiger partial charge in [-0.15, -0.1) is 0 Å². The fraction of sp³-hybridized carbons (Fsp3) is 0.267. The molecule has 2 heterocycles. The number of hydrogen-bond donors (Lipinski definition) is 2. The molecule has 120 valence electrons. The fourth-order valence-electron chi connectivity index (χ4n) is 2.46. The van der Waals surface area contributed by atoms with Crippen molar-refractivity contribution >= 4 is 35.0 Å². The molecule has 1 aliphatic rings. The molecule has 0 aliphatic carbocycles. The van der Waals surface area contributed by atoms with Crippen LogP contribution in [0.5, 0.6) is 0 Å². The van der Waals surface area contributed by atoms with Crippen molar-refractivity contribution in [3.05, 3.63) is 40.6 Å². The van der Waals surface area contributed by atoms with Gasteiger partial charge >= 0.3 is 5.97 Å². The Hall–Kier alpha value is -1.89. The summed E-state index contributed by atoms with van der Waals surface area (Å²) in [5.41, 5.74) is 1.53. The summed E-state index contributed by atoms with van der Waals surface area (Å²) in [6.45, 7) is 1.62. The number of nitrogens with zero attached hydrogens (tertiary/aromatic N) is 3. The van der Waals surface area contributed by atoms with Crippen LogP contribution in [-0.2, 0) is 4.79 Å². The summed E-state index contributed by atoms with van der Waals surface area (Å²) in [5, 5.41) is 13.0. The Morgan fingerprint density at radius 3 is 2.83 bits per heavy atom. The Morgan fingerprint density at radius 2 is 2.09 bits per heavy atom. The van der Waals surface area contributed by atoms with E-state index in [9.17, 15) is 4.79 Å². The van der Waals surface area contributed by atoms with Crippen LogP contribution in [-0.4, -0.2) is 46.7 Å². The van der Waals surface area contributed by atoms with Crippen molar-refractivity contribution in [2.24, 2.45) is 0 Å². The van der Waals surface area contributed by atoms with Gasteiger partial charge in [-0.25, -0.2) is 9.97 Å². The summed E-state index contributed by atoms with van der Waals surface area (Å²) in [4.78, 5) is 21.6. The molecule has 1 aromatic carbocycles. The second kappa shape index (κ2) is 6.70. The molecule has 2 N–H and O–H groups in total. The number of nitrogens with one attached hydrogen (secondary N) is 1. The maximum absolute atomic E-state index is 11.1. The second-order valence-electron chi connectivity index (χ2n) is 5.18. The van der Waals surface area contributed by atoms with Crippen LogP contribution < -0.4 is 10.2 Å². The normalized spacial score (nSPS) is 18.0. The molecule has 1 atom stereocenters. The number of anilines is 1. The van der Waals surface area contributed by atoms with E-state index in [4.69, 9.17) is 28.3 Å². The number of carbonyl (C=O) groups is 1. The maximum atomic E-state index is 11.1. The van der Waals surface area contributed by atoms with E-state index in [-0.39, 0.29) is 0 Å². The zero-order chi connectivity index (χ0) is 16.4. The van der Waals surface area contributed by atoms with Crippen LogP contribution in [0.4, 0.5) is 5.82 Å². The summed E-state index contributed by atoms with van der Waals surface area (Å²) in [5.74, 6) is -0.178. The van der Waals surface area contributed by atoms with E-state index in [2.05, 4.69) is 15.3 Å². The van der Waals surface area contributed by atoms with E-state index >= 15 is 0 Å². The van der Waals surface area contributed by atoms with Gasteiger partial charge in [-0.2, -0.15) is 0 Å². The lowest BCUT2D eigenvalue weighted by Crippen LogP contribution is -2.54. The molecule has 0 radical (unpaired) electrons. The number of aliphatic carboxylic acids is 1. The highest BCUT2D eigenvalue weighted by Crippen LogP contribution is 2.28. The summed E-state index contributed by atoms with van der Waals surface area (Å²) in [7, 11) is 0. The van der Waals surface area contributed by atoms with Crippen LogP contribution in [0.15, 0.2) is 30.6 Å². The molecule has 0 amide bonds. The number of carboxylic acids is 1. The minimum absolute atomic E-state index is 0.354. The average molecular weight is 353 g/mol. The van der Waals surface area contributed by atoms with Crippen molar-refractivity contribution in [2.45, 2.75) is 6.04 Å². The first-order valence-electron chi connectivity index (χ1n) is 7.03. The van der Waals surface area contributed by atoms with Gasteiger partial charge in [-0.1, -0.05) is 29.3 Å². The summed E-state index contributed by atoms with van der Waals surface area (Å²) in [6, 6.07) is 6.51. The van der Waals surface area contributed by atoms with Crippen molar-refractivity contribution in [2.75, 3.05) is 24.5 Å². The molecule has 0 spiro atoms. The summed E-state index contributed by atoms with van der Waals surface area (Å²) < 4.78 is 0. The topological polar surface area (TPSA) is 78.3 Å². The number of carboxylic acid groups (broad SMARTS) is 1. The van der Waals surface area contributed by atoms with Gasteiger partial charge in [-0.3, -0.25) is 4.79 Å². The molecule has 23 heavy (non-hydrogen) atoms. The lowest BCUT2D eigenvalue weighted by atomic mass is 10.1. The Morgan fingerprint density at radius 1 is 1.26 bits per heavy atom. The van der Waals surface area contributed by atoms with Crippen molar-refractivity contribution in [1.29, 1.82) is 0 Å². The largest absolute Gasteiger partial charge is 0.480 e. The van der Waals surface area contributed by atoms with Gasteiger partial charge < -0.3 is 15.3 Å². The van der Waals surface area contributed by atoms with Crippen LogP contribution in [0.2, 0.25) is 10.0 Å². The molecule has 0 bridgehead atoms. The van der Waals surface area contributed by atoms with E-state index in [0.717, 1.165) is 5.56 Å². The standard InChI is InChI=1S/C15H14Cl2N4O2/c16-10-2-1-9(5-11(10)17)12-6-14(20-8-19-12)21-4-3-18-13(7-21)15(22)23/h1-2,5-6,8,13,18H,3-4,7H2,(H,22,23). The molecule has 1 saturated heterocycles. The predicted molar refractivity (Wildman–Crippen MR) is 89.1 cm³/mol. The van der Waals surface area contributed by atoms with Crippen molar-refractivity contribution in [1.82, 2.24) is 15.3 Å². The predicted octanol–water partition coefficient (Wildman–Crippen LogP) is 2.31. The molecular formula is C15H14Cl2N4O2. The van der Waals surface area contributed by atoms with Crippen LogP contribution in [0.3, 0.4) is 0 Å². The van der Waals surface area contributed by atoms with Crippen LogP contribution in [0.25, 0.3) is 11.3 Å². The van der Waals surface area contributed by atoms with E-state index in [1.54, 1.807) is 12.1 Å². The average Bonchev–Trinajstić information content (AvgIpc) is 2.57. The van der Waals surface area contributed by atoms with Crippen LogP contribution in [0.1, 0.15) is 0 Å². The van der Waals surface area contributed by atoms with Gasteiger partial charge in [0.2, 0.25) is 0 Å². The number of piperazine rings is 1. The van der Waals surface area contributed by atoms with Crippen LogP contribution in [0, 0.1) is 0 Å². The zero-order valence-electron chi connectivity index (χ0n) is 12.0. The first-order chi connectivity index (χ1) is 11.0. The highest BCUT2D eigenvalue weighted by molar-refractivity contribution is 6.42.